The summed E-state index contributed by atoms with van der Waals surface area (Å²) in [4.78, 5) is 13.8. The van der Waals surface area contributed by atoms with Gasteiger partial charge in [-0.05, 0) is 31.7 Å². The fraction of sp³-hybridized carbons (Fsp3) is 0.923. The highest BCUT2D eigenvalue weighted by Gasteiger charge is 2.26. The Balaban J connectivity index is 3.99. The molecule has 0 heterocycles. The van der Waals surface area contributed by atoms with Crippen LogP contribution in [0.5, 0.6) is 0 Å². The number of nitrogens with zero attached hydrogens (tertiary/aromatic N) is 1. The molecule has 0 radical (unpaired) electrons. The number of carbonyl (C=O) groups is 1. The van der Waals surface area contributed by atoms with Crippen LogP contribution < -0.4 is 5.73 Å². The quantitative estimate of drug-likeness (QED) is 0.710. The molecular formula is C13H28N2O. The Kier molecular flexibility index (Phi) is 6.65. The van der Waals surface area contributed by atoms with Crippen LogP contribution >= 0.6 is 0 Å². The lowest BCUT2D eigenvalue weighted by Crippen LogP contribution is -2.42. The molecular weight excluding hydrogens is 200 g/mol. The van der Waals surface area contributed by atoms with E-state index in [0.717, 1.165) is 25.8 Å². The van der Waals surface area contributed by atoms with Crippen molar-refractivity contribution in [3.63, 3.8) is 0 Å². The van der Waals surface area contributed by atoms with Crippen LogP contribution in [0.1, 0.15) is 53.4 Å². The van der Waals surface area contributed by atoms with E-state index in [1.54, 1.807) is 0 Å². The number of unbranched alkanes of at least 4 members (excludes halogenated alkanes) is 2. The van der Waals surface area contributed by atoms with Gasteiger partial charge in [0.25, 0.3) is 0 Å². The highest BCUT2D eigenvalue weighted by atomic mass is 16.2. The Hall–Kier alpha value is -0.570. The van der Waals surface area contributed by atoms with E-state index < -0.39 is 0 Å². The summed E-state index contributed by atoms with van der Waals surface area (Å²) in [5.74, 6) is 0.249. The van der Waals surface area contributed by atoms with Crippen LogP contribution in [-0.2, 0) is 4.79 Å². The average Bonchev–Trinajstić information content (AvgIpc) is 2.20. The molecule has 0 saturated heterocycles. The molecule has 1 unspecified atom stereocenters. The van der Waals surface area contributed by atoms with Crippen molar-refractivity contribution in [2.75, 3.05) is 13.6 Å². The first-order chi connectivity index (χ1) is 7.30. The molecule has 0 aliphatic rings. The van der Waals surface area contributed by atoms with E-state index in [2.05, 4.69) is 27.7 Å². The molecule has 0 aliphatic carbocycles. The van der Waals surface area contributed by atoms with Gasteiger partial charge in [-0.3, -0.25) is 4.79 Å². The summed E-state index contributed by atoms with van der Waals surface area (Å²) in [7, 11) is 1.90. The van der Waals surface area contributed by atoms with Crippen LogP contribution in [0.15, 0.2) is 0 Å². The van der Waals surface area contributed by atoms with Crippen molar-refractivity contribution in [3.8, 4) is 0 Å². The Morgan fingerprint density at radius 3 is 2.25 bits per heavy atom. The molecule has 0 aliphatic heterocycles. The van der Waals surface area contributed by atoms with Gasteiger partial charge < -0.3 is 10.6 Å². The Morgan fingerprint density at radius 2 is 1.81 bits per heavy atom. The van der Waals surface area contributed by atoms with Gasteiger partial charge in [-0.15, -0.1) is 0 Å². The van der Waals surface area contributed by atoms with Crippen molar-refractivity contribution in [2.24, 2.45) is 11.1 Å². The van der Waals surface area contributed by atoms with Gasteiger partial charge in [0.05, 0.1) is 0 Å². The summed E-state index contributed by atoms with van der Waals surface area (Å²) >= 11 is 0. The maximum atomic E-state index is 11.9. The first-order valence-electron chi connectivity index (χ1n) is 6.26. The summed E-state index contributed by atoms with van der Waals surface area (Å²) in [6.45, 7) is 9.32. The van der Waals surface area contributed by atoms with Gasteiger partial charge in [0.2, 0.25) is 5.91 Å². The van der Waals surface area contributed by atoms with Crippen molar-refractivity contribution >= 4 is 5.91 Å². The number of hydrogen-bond donors (Lipinski definition) is 1. The number of rotatable bonds is 6. The van der Waals surface area contributed by atoms with Gasteiger partial charge in [-0.1, -0.05) is 27.2 Å². The minimum atomic E-state index is 0.141. The fourth-order valence-corrected chi connectivity index (χ4v) is 1.57. The van der Waals surface area contributed by atoms with E-state index in [4.69, 9.17) is 5.73 Å². The Bertz CT molecular complexity index is 208. The van der Waals surface area contributed by atoms with Gasteiger partial charge in [0.1, 0.15) is 0 Å². The minimum Gasteiger partial charge on any atom is -0.343 e. The van der Waals surface area contributed by atoms with Crippen LogP contribution in [0.4, 0.5) is 0 Å². The molecule has 16 heavy (non-hydrogen) atoms. The second-order valence-corrected chi connectivity index (χ2v) is 5.65. The summed E-state index contributed by atoms with van der Waals surface area (Å²) in [5.41, 5.74) is 5.56. The monoisotopic (exact) mass is 228 g/mol. The SMILES string of the molecule is CC(N(C)C(=O)CCCCCN)C(C)(C)C. The van der Waals surface area contributed by atoms with Crippen LogP contribution in [0, 0.1) is 5.41 Å². The van der Waals surface area contributed by atoms with Crippen molar-refractivity contribution in [2.45, 2.75) is 59.4 Å². The maximum Gasteiger partial charge on any atom is 0.222 e. The lowest BCUT2D eigenvalue weighted by molar-refractivity contribution is -0.133. The molecule has 1 amide bonds. The number of carbonyl (C=O) groups excluding carboxylic acids is 1. The molecule has 0 aromatic rings. The third-order valence-electron chi connectivity index (χ3n) is 3.32. The summed E-state index contributed by atoms with van der Waals surface area (Å²) in [6.07, 6.45) is 3.68. The molecule has 96 valence electrons. The second kappa shape index (κ2) is 6.89. The lowest BCUT2D eigenvalue weighted by Gasteiger charge is -2.35. The van der Waals surface area contributed by atoms with Crippen LogP contribution in [-0.4, -0.2) is 30.4 Å². The zero-order valence-corrected chi connectivity index (χ0v) is 11.5. The van der Waals surface area contributed by atoms with E-state index in [-0.39, 0.29) is 17.4 Å². The van der Waals surface area contributed by atoms with E-state index in [1.807, 2.05) is 11.9 Å². The van der Waals surface area contributed by atoms with E-state index in [1.165, 1.54) is 0 Å². The molecule has 1 atom stereocenters. The van der Waals surface area contributed by atoms with Gasteiger partial charge in [0.15, 0.2) is 0 Å². The molecule has 0 bridgehead atoms. The number of nitrogens with two attached hydrogens (primary N) is 1. The summed E-state index contributed by atoms with van der Waals surface area (Å²) < 4.78 is 0. The highest BCUT2D eigenvalue weighted by molar-refractivity contribution is 5.76. The molecule has 3 heteroatoms. The van der Waals surface area contributed by atoms with Gasteiger partial charge in [-0.25, -0.2) is 0 Å². The topological polar surface area (TPSA) is 46.3 Å². The zero-order chi connectivity index (χ0) is 12.8. The predicted molar refractivity (Wildman–Crippen MR) is 69.2 cm³/mol. The van der Waals surface area contributed by atoms with Crippen LogP contribution in [0.3, 0.4) is 0 Å². The normalized spacial score (nSPS) is 13.6. The molecule has 0 aromatic heterocycles. The number of hydrogen-bond acceptors (Lipinski definition) is 2. The molecule has 2 N–H and O–H groups in total. The second-order valence-electron chi connectivity index (χ2n) is 5.65. The van der Waals surface area contributed by atoms with Gasteiger partial charge in [0, 0.05) is 19.5 Å². The van der Waals surface area contributed by atoms with Gasteiger partial charge >= 0.3 is 0 Å². The smallest absolute Gasteiger partial charge is 0.222 e. The van der Waals surface area contributed by atoms with Crippen molar-refractivity contribution in [1.82, 2.24) is 4.90 Å². The first kappa shape index (κ1) is 15.4. The van der Waals surface area contributed by atoms with Crippen molar-refractivity contribution in [1.29, 1.82) is 0 Å². The number of amides is 1. The van der Waals surface area contributed by atoms with Crippen molar-refractivity contribution in [3.05, 3.63) is 0 Å². The first-order valence-corrected chi connectivity index (χ1v) is 6.26. The predicted octanol–water partition coefficient (Wildman–Crippen LogP) is 2.40. The minimum absolute atomic E-state index is 0.141. The molecule has 0 rings (SSSR count). The fourth-order valence-electron chi connectivity index (χ4n) is 1.57. The average molecular weight is 228 g/mol. The molecule has 0 saturated carbocycles. The Morgan fingerprint density at radius 1 is 1.25 bits per heavy atom. The largest absolute Gasteiger partial charge is 0.343 e. The zero-order valence-electron chi connectivity index (χ0n) is 11.5. The van der Waals surface area contributed by atoms with E-state index in [0.29, 0.717) is 6.42 Å². The molecule has 3 nitrogen and oxygen atoms in total. The lowest BCUT2D eigenvalue weighted by atomic mass is 9.87. The van der Waals surface area contributed by atoms with E-state index in [9.17, 15) is 4.79 Å². The van der Waals surface area contributed by atoms with E-state index >= 15 is 0 Å². The third-order valence-corrected chi connectivity index (χ3v) is 3.32. The van der Waals surface area contributed by atoms with Crippen LogP contribution in [0.2, 0.25) is 0 Å². The maximum absolute atomic E-state index is 11.9. The standard InChI is InChI=1S/C13H28N2O/c1-11(13(2,3)4)15(5)12(16)9-7-6-8-10-14/h11H,6-10,14H2,1-5H3. The van der Waals surface area contributed by atoms with Gasteiger partial charge in [-0.2, -0.15) is 0 Å². The summed E-state index contributed by atoms with van der Waals surface area (Å²) in [6, 6.07) is 0.273. The third kappa shape index (κ3) is 5.50. The Labute approximate surface area is 100 Å². The molecule has 0 spiro atoms. The van der Waals surface area contributed by atoms with Crippen molar-refractivity contribution < 1.29 is 4.79 Å². The molecule has 0 fully saturated rings. The summed E-state index contributed by atoms with van der Waals surface area (Å²) in [5, 5.41) is 0. The molecule has 0 aromatic carbocycles. The van der Waals surface area contributed by atoms with Crippen LogP contribution in [0.25, 0.3) is 0 Å². The highest BCUT2D eigenvalue weighted by Crippen LogP contribution is 2.23.